The molecule has 0 aromatic heterocycles. The predicted octanol–water partition coefficient (Wildman–Crippen LogP) is 12.3. The van der Waals surface area contributed by atoms with Crippen LogP contribution in [-0.2, 0) is 18.4 Å². The first-order valence-electron chi connectivity index (χ1n) is 22.1. The quantitative estimate of drug-likeness (QED) is 0.0277. The lowest BCUT2D eigenvalue weighted by Gasteiger charge is -2.23. The molecule has 0 saturated carbocycles. The highest BCUT2D eigenvalue weighted by atomic mass is 31.2. The second-order valence-electron chi connectivity index (χ2n) is 14.9. The number of hydrogen-bond acceptors (Lipinski definition) is 6. The molecule has 312 valence electrons. The summed E-state index contributed by atoms with van der Waals surface area (Å²) in [5.74, 6) is -0.207. The van der Waals surface area contributed by atoms with E-state index in [9.17, 15) is 19.4 Å². The van der Waals surface area contributed by atoms with Crippen molar-refractivity contribution in [2.75, 3.05) is 19.8 Å². The van der Waals surface area contributed by atoms with E-state index >= 15 is 0 Å². The van der Waals surface area contributed by atoms with Gasteiger partial charge in [-0.05, 0) is 38.5 Å². The molecule has 9 heteroatoms. The Morgan fingerprint density at radius 3 is 1.43 bits per heavy atom. The van der Waals surface area contributed by atoms with E-state index in [1.807, 2.05) is 6.08 Å². The van der Waals surface area contributed by atoms with Crippen LogP contribution in [-0.4, -0.2) is 47.8 Å². The Morgan fingerprint density at radius 1 is 0.604 bits per heavy atom. The van der Waals surface area contributed by atoms with Crippen LogP contribution in [0.5, 0.6) is 0 Å². The van der Waals surface area contributed by atoms with E-state index < -0.39 is 20.0 Å². The van der Waals surface area contributed by atoms with Crippen molar-refractivity contribution in [2.24, 2.45) is 5.73 Å². The minimum Gasteiger partial charge on any atom is -0.387 e. The summed E-state index contributed by atoms with van der Waals surface area (Å²) in [6, 6.07) is -0.879. The Balaban J connectivity index is 4.11. The fourth-order valence-electron chi connectivity index (χ4n) is 6.33. The highest BCUT2D eigenvalue weighted by molar-refractivity contribution is 7.47. The van der Waals surface area contributed by atoms with Crippen molar-refractivity contribution >= 4 is 13.7 Å². The number of aliphatic hydroxyl groups excluding tert-OH is 1. The van der Waals surface area contributed by atoms with Crippen LogP contribution in [0, 0.1) is 0 Å². The third kappa shape index (κ3) is 38.8. The molecule has 0 rings (SSSR count). The second-order valence-corrected chi connectivity index (χ2v) is 16.3. The number of carbonyl (C=O) groups is 1. The van der Waals surface area contributed by atoms with Gasteiger partial charge in [0.2, 0.25) is 5.91 Å². The maximum Gasteiger partial charge on any atom is 0.472 e. The molecule has 53 heavy (non-hydrogen) atoms. The number of allylic oxidation sites excluding steroid dienone is 5. The van der Waals surface area contributed by atoms with Gasteiger partial charge in [0, 0.05) is 13.0 Å². The Labute approximate surface area is 327 Å². The molecule has 1 amide bonds. The summed E-state index contributed by atoms with van der Waals surface area (Å²) in [6.45, 7) is 4.07. The molecule has 0 fully saturated rings. The zero-order chi connectivity index (χ0) is 38.9. The molecular formula is C44H85N2O6P. The molecule has 5 N–H and O–H groups in total. The normalized spacial score (nSPS) is 14.4. The van der Waals surface area contributed by atoms with Gasteiger partial charge in [0.15, 0.2) is 0 Å². The monoisotopic (exact) mass is 769 g/mol. The molecule has 0 aliphatic carbocycles. The SMILES string of the molecule is CCCC/C=C/CC/C=C/CC/C=C/C(O)C(COP(=O)(O)OCCN)NC(=O)CCCCCCCCCCCCCCCCCCCCCCCC. The number of phosphoric acid groups is 1. The van der Waals surface area contributed by atoms with Gasteiger partial charge in [0.05, 0.1) is 25.4 Å². The van der Waals surface area contributed by atoms with E-state index in [1.165, 1.54) is 135 Å². The molecule has 8 nitrogen and oxygen atoms in total. The van der Waals surface area contributed by atoms with Crippen LogP contribution < -0.4 is 11.1 Å². The average molecular weight is 769 g/mol. The van der Waals surface area contributed by atoms with Gasteiger partial charge in [-0.3, -0.25) is 13.8 Å². The van der Waals surface area contributed by atoms with E-state index in [1.54, 1.807) is 6.08 Å². The second kappa shape index (κ2) is 40.4. The van der Waals surface area contributed by atoms with Gasteiger partial charge < -0.3 is 21.1 Å². The number of nitrogens with two attached hydrogens (primary N) is 1. The third-order valence-corrected chi connectivity index (χ3v) is 10.7. The lowest BCUT2D eigenvalue weighted by Crippen LogP contribution is -2.45. The van der Waals surface area contributed by atoms with Gasteiger partial charge in [-0.1, -0.05) is 198 Å². The lowest BCUT2D eigenvalue weighted by molar-refractivity contribution is -0.123. The van der Waals surface area contributed by atoms with Crippen LogP contribution in [0.25, 0.3) is 0 Å². The van der Waals surface area contributed by atoms with E-state index in [2.05, 4.69) is 43.5 Å². The predicted molar refractivity (Wildman–Crippen MR) is 226 cm³/mol. The van der Waals surface area contributed by atoms with Crippen molar-refractivity contribution in [3.63, 3.8) is 0 Å². The van der Waals surface area contributed by atoms with Crippen LogP contribution in [0.15, 0.2) is 36.5 Å². The molecule has 0 aromatic rings. The minimum absolute atomic E-state index is 0.0725. The summed E-state index contributed by atoms with van der Waals surface area (Å²) >= 11 is 0. The maximum atomic E-state index is 12.7. The van der Waals surface area contributed by atoms with Gasteiger partial charge in [0.25, 0.3) is 0 Å². The molecule has 0 bridgehead atoms. The first-order chi connectivity index (χ1) is 25.9. The zero-order valence-corrected chi connectivity index (χ0v) is 35.4. The molecule has 0 aromatic carbocycles. The number of aliphatic hydroxyl groups is 1. The molecule has 3 unspecified atom stereocenters. The first kappa shape index (κ1) is 51.7. The van der Waals surface area contributed by atoms with Gasteiger partial charge in [-0.15, -0.1) is 0 Å². The molecule has 3 atom stereocenters. The first-order valence-corrected chi connectivity index (χ1v) is 23.6. The summed E-state index contributed by atoms with van der Waals surface area (Å²) in [4.78, 5) is 22.7. The number of hydrogen-bond donors (Lipinski definition) is 4. The Morgan fingerprint density at radius 2 is 1.00 bits per heavy atom. The lowest BCUT2D eigenvalue weighted by atomic mass is 10.0. The number of unbranched alkanes of at least 4 members (excludes halogenated alkanes) is 25. The molecule has 0 spiro atoms. The van der Waals surface area contributed by atoms with E-state index in [-0.39, 0.29) is 25.7 Å². The Kier molecular flexibility index (Phi) is 39.4. The van der Waals surface area contributed by atoms with Crippen LogP contribution in [0.4, 0.5) is 0 Å². The van der Waals surface area contributed by atoms with Gasteiger partial charge in [-0.2, -0.15) is 0 Å². The molecule has 0 aliphatic heterocycles. The summed E-state index contributed by atoms with van der Waals surface area (Å²) in [6.07, 6.45) is 47.8. The van der Waals surface area contributed by atoms with Crippen LogP contribution in [0.1, 0.15) is 206 Å². The smallest absolute Gasteiger partial charge is 0.387 e. The fourth-order valence-corrected chi connectivity index (χ4v) is 7.09. The van der Waals surface area contributed by atoms with Gasteiger partial charge in [0.1, 0.15) is 0 Å². The fraction of sp³-hybridized carbons (Fsp3) is 0.841. The molecule has 0 heterocycles. The molecule has 0 radical (unpaired) electrons. The minimum atomic E-state index is -4.35. The molecule has 0 saturated heterocycles. The highest BCUT2D eigenvalue weighted by Crippen LogP contribution is 2.43. The van der Waals surface area contributed by atoms with Crippen molar-refractivity contribution in [1.82, 2.24) is 5.32 Å². The molecule has 0 aliphatic rings. The largest absolute Gasteiger partial charge is 0.472 e. The van der Waals surface area contributed by atoms with E-state index in [0.717, 1.165) is 51.4 Å². The number of amides is 1. The average Bonchev–Trinajstić information content (AvgIpc) is 3.14. The number of phosphoric ester groups is 1. The Bertz CT molecular complexity index is 928. The Hall–Kier alpha value is -1.28. The van der Waals surface area contributed by atoms with Gasteiger partial charge >= 0.3 is 7.82 Å². The summed E-state index contributed by atoms with van der Waals surface area (Å²) in [5.41, 5.74) is 5.36. The summed E-state index contributed by atoms with van der Waals surface area (Å²) in [5, 5.41) is 13.6. The van der Waals surface area contributed by atoms with Crippen LogP contribution in [0.2, 0.25) is 0 Å². The third-order valence-electron chi connectivity index (χ3n) is 9.70. The highest BCUT2D eigenvalue weighted by Gasteiger charge is 2.26. The van der Waals surface area contributed by atoms with Crippen LogP contribution in [0.3, 0.4) is 0 Å². The topological polar surface area (TPSA) is 131 Å². The van der Waals surface area contributed by atoms with E-state index in [4.69, 9.17) is 14.8 Å². The standard InChI is InChI=1S/C44H85N2O6P/c1-3-5-7-9-11-13-15-17-18-19-20-21-22-23-24-25-26-28-30-32-34-36-38-44(48)46-42(41-52-53(49,50)51-40-39-45)43(47)37-35-33-31-29-27-16-14-12-10-8-6-4-2/h10,12,27,29,35,37,42-43,47H,3-9,11,13-26,28,30-34,36,38-41,45H2,1-2H3,(H,46,48)(H,49,50)/b12-10+,29-27+,37-35+. The van der Waals surface area contributed by atoms with Crippen LogP contribution >= 0.6 is 7.82 Å². The molecular weight excluding hydrogens is 683 g/mol. The maximum absolute atomic E-state index is 12.7. The van der Waals surface area contributed by atoms with Crippen molar-refractivity contribution < 1.29 is 28.4 Å². The number of carbonyl (C=O) groups excluding carboxylic acids is 1. The number of nitrogens with one attached hydrogen (secondary N) is 1. The number of rotatable bonds is 41. The van der Waals surface area contributed by atoms with E-state index in [0.29, 0.717) is 6.42 Å². The van der Waals surface area contributed by atoms with Gasteiger partial charge in [-0.25, -0.2) is 4.57 Å². The van der Waals surface area contributed by atoms with Crippen molar-refractivity contribution in [3.05, 3.63) is 36.5 Å². The van der Waals surface area contributed by atoms with Crippen molar-refractivity contribution in [2.45, 2.75) is 219 Å². The summed E-state index contributed by atoms with van der Waals surface area (Å²) in [7, 11) is -4.35. The van der Waals surface area contributed by atoms with Crippen molar-refractivity contribution in [1.29, 1.82) is 0 Å². The summed E-state index contributed by atoms with van der Waals surface area (Å²) < 4.78 is 22.1. The zero-order valence-electron chi connectivity index (χ0n) is 34.5. The van der Waals surface area contributed by atoms with Crippen molar-refractivity contribution in [3.8, 4) is 0 Å².